The first kappa shape index (κ1) is 17.8. The molecule has 6 nitrogen and oxygen atoms in total. The number of hydrogen-bond donors (Lipinski definition) is 1. The molecule has 1 saturated heterocycles. The molecule has 1 aromatic carbocycles. The second kappa shape index (κ2) is 6.89. The van der Waals surface area contributed by atoms with Crippen LogP contribution in [0.1, 0.15) is 34.6 Å². The number of benzene rings is 1. The molecule has 1 N–H and O–H groups in total. The number of nitrogens with zero attached hydrogens (tertiary/aromatic N) is 1. The lowest BCUT2D eigenvalue weighted by Crippen LogP contribution is -2.47. The van der Waals surface area contributed by atoms with E-state index in [-0.39, 0.29) is 22.1 Å². The van der Waals surface area contributed by atoms with Gasteiger partial charge < -0.3 is 14.6 Å². The maximum Gasteiger partial charge on any atom is 0.493 e. The number of nitro benzene ring substituents is 1. The van der Waals surface area contributed by atoms with E-state index in [9.17, 15) is 10.1 Å². The molecule has 1 aliphatic rings. The van der Waals surface area contributed by atoms with Crippen LogP contribution in [0.5, 0.6) is 0 Å². The Morgan fingerprint density at radius 1 is 1.26 bits per heavy atom. The van der Waals surface area contributed by atoms with Crippen molar-refractivity contribution in [3.63, 3.8) is 0 Å². The van der Waals surface area contributed by atoms with Crippen LogP contribution in [0.4, 0.5) is 11.4 Å². The summed E-state index contributed by atoms with van der Waals surface area (Å²) >= 11 is 0. The van der Waals surface area contributed by atoms with Gasteiger partial charge in [0.25, 0.3) is 5.69 Å². The zero-order valence-electron chi connectivity index (χ0n) is 14.5. The van der Waals surface area contributed by atoms with Gasteiger partial charge in [-0.15, -0.1) is 0 Å². The van der Waals surface area contributed by atoms with E-state index < -0.39 is 7.12 Å². The Kier molecular flexibility index (Phi) is 5.32. The Bertz CT molecular complexity index is 567. The van der Waals surface area contributed by atoms with Crippen molar-refractivity contribution in [3.05, 3.63) is 28.3 Å². The zero-order valence-corrected chi connectivity index (χ0v) is 14.5. The minimum atomic E-state index is -0.473. The standard InChI is InChI=1S/C16H25BN2O4/c1-11(2)12(3)18-14-8-13(6-7-15(14)19(20)21)17-22-9-16(4,5)10-23-17/h6-8,11-12,18H,9-10H2,1-5H3. The molecule has 1 atom stereocenters. The number of nitro groups is 1. The number of anilines is 1. The Labute approximate surface area is 137 Å². The van der Waals surface area contributed by atoms with Crippen LogP contribution in [-0.2, 0) is 9.31 Å². The van der Waals surface area contributed by atoms with E-state index in [1.54, 1.807) is 12.1 Å². The van der Waals surface area contributed by atoms with Gasteiger partial charge in [-0.25, -0.2) is 0 Å². The summed E-state index contributed by atoms with van der Waals surface area (Å²) in [5.74, 6) is 0.362. The summed E-state index contributed by atoms with van der Waals surface area (Å²) < 4.78 is 11.5. The first-order valence-electron chi connectivity index (χ1n) is 7.98. The molecule has 126 valence electrons. The summed E-state index contributed by atoms with van der Waals surface area (Å²) in [5, 5.41) is 14.5. The topological polar surface area (TPSA) is 73.6 Å². The van der Waals surface area contributed by atoms with E-state index >= 15 is 0 Å². The molecule has 1 unspecified atom stereocenters. The number of nitrogens with one attached hydrogen (secondary N) is 1. The summed E-state index contributed by atoms with van der Waals surface area (Å²) in [5.41, 5.74) is 1.36. The lowest BCUT2D eigenvalue weighted by molar-refractivity contribution is -0.384. The van der Waals surface area contributed by atoms with E-state index in [1.165, 1.54) is 6.07 Å². The van der Waals surface area contributed by atoms with E-state index in [0.29, 0.717) is 24.8 Å². The van der Waals surface area contributed by atoms with Gasteiger partial charge in [0.2, 0.25) is 0 Å². The third-order valence-corrected chi connectivity index (χ3v) is 4.12. The summed E-state index contributed by atoms with van der Waals surface area (Å²) in [7, 11) is -0.473. The average Bonchev–Trinajstić information content (AvgIpc) is 2.46. The van der Waals surface area contributed by atoms with Crippen molar-refractivity contribution in [1.82, 2.24) is 0 Å². The third kappa shape index (κ3) is 4.45. The van der Waals surface area contributed by atoms with Crippen molar-refractivity contribution in [3.8, 4) is 0 Å². The van der Waals surface area contributed by atoms with Gasteiger partial charge in [0.1, 0.15) is 5.69 Å². The summed E-state index contributed by atoms with van der Waals surface area (Å²) in [6.07, 6.45) is 0. The Morgan fingerprint density at radius 3 is 2.39 bits per heavy atom. The molecule has 23 heavy (non-hydrogen) atoms. The molecule has 0 aliphatic carbocycles. The molecule has 1 heterocycles. The van der Waals surface area contributed by atoms with Crippen LogP contribution in [-0.4, -0.2) is 31.3 Å². The van der Waals surface area contributed by atoms with E-state index in [0.717, 1.165) is 5.46 Å². The minimum absolute atomic E-state index is 0.00941. The monoisotopic (exact) mass is 320 g/mol. The van der Waals surface area contributed by atoms with Crippen molar-refractivity contribution in [2.24, 2.45) is 11.3 Å². The van der Waals surface area contributed by atoms with Gasteiger partial charge in [-0.1, -0.05) is 33.8 Å². The molecule has 1 aliphatic heterocycles. The maximum absolute atomic E-state index is 11.2. The first-order chi connectivity index (χ1) is 10.7. The van der Waals surface area contributed by atoms with Gasteiger partial charge in [0, 0.05) is 30.7 Å². The van der Waals surface area contributed by atoms with Crippen molar-refractivity contribution < 1.29 is 14.2 Å². The Balaban J connectivity index is 2.24. The fraction of sp³-hybridized carbons (Fsp3) is 0.625. The van der Waals surface area contributed by atoms with Gasteiger partial charge >= 0.3 is 7.12 Å². The lowest BCUT2D eigenvalue weighted by atomic mass is 9.75. The highest BCUT2D eigenvalue weighted by molar-refractivity contribution is 6.61. The highest BCUT2D eigenvalue weighted by Crippen LogP contribution is 2.26. The quantitative estimate of drug-likeness (QED) is 0.513. The molecular weight excluding hydrogens is 295 g/mol. The van der Waals surface area contributed by atoms with Gasteiger partial charge in [-0.3, -0.25) is 10.1 Å². The second-order valence-corrected chi connectivity index (χ2v) is 7.33. The molecule has 7 heteroatoms. The number of rotatable bonds is 5. The molecule has 0 bridgehead atoms. The SMILES string of the molecule is CC(C)C(C)Nc1cc(B2OCC(C)(C)CO2)ccc1[N+](=O)[O-]. The molecular formula is C16H25BN2O4. The van der Waals surface area contributed by atoms with Crippen molar-refractivity contribution in [2.45, 2.75) is 40.7 Å². The van der Waals surface area contributed by atoms with Crippen molar-refractivity contribution in [2.75, 3.05) is 18.5 Å². The maximum atomic E-state index is 11.2. The van der Waals surface area contributed by atoms with Crippen LogP contribution in [0.25, 0.3) is 0 Å². The van der Waals surface area contributed by atoms with Gasteiger partial charge in [0.05, 0.1) is 4.92 Å². The molecule has 1 aromatic rings. The molecule has 0 radical (unpaired) electrons. The predicted molar refractivity (Wildman–Crippen MR) is 92.1 cm³/mol. The zero-order chi connectivity index (χ0) is 17.2. The van der Waals surface area contributed by atoms with Crippen LogP contribution in [0.3, 0.4) is 0 Å². The van der Waals surface area contributed by atoms with Crippen LogP contribution < -0.4 is 10.8 Å². The van der Waals surface area contributed by atoms with Gasteiger partial charge in [-0.05, 0) is 24.4 Å². The molecule has 0 saturated carbocycles. The second-order valence-electron chi connectivity index (χ2n) is 7.33. The summed E-state index contributed by atoms with van der Waals surface area (Å²) in [4.78, 5) is 10.9. The lowest BCUT2D eigenvalue weighted by Gasteiger charge is -2.33. The summed E-state index contributed by atoms with van der Waals surface area (Å²) in [6.45, 7) is 11.5. The van der Waals surface area contributed by atoms with E-state index in [4.69, 9.17) is 9.31 Å². The molecule has 1 fully saturated rings. The van der Waals surface area contributed by atoms with Gasteiger partial charge in [0.15, 0.2) is 0 Å². The van der Waals surface area contributed by atoms with Crippen molar-refractivity contribution >= 4 is 24.0 Å². The Hall–Kier alpha value is -1.60. The van der Waals surface area contributed by atoms with Crippen LogP contribution >= 0.6 is 0 Å². The molecule has 0 amide bonds. The average molecular weight is 320 g/mol. The molecule has 0 spiro atoms. The minimum Gasteiger partial charge on any atom is -0.407 e. The first-order valence-corrected chi connectivity index (χ1v) is 7.98. The molecule has 0 aromatic heterocycles. The van der Waals surface area contributed by atoms with Crippen molar-refractivity contribution in [1.29, 1.82) is 0 Å². The highest BCUT2D eigenvalue weighted by atomic mass is 16.6. The Morgan fingerprint density at radius 2 is 1.87 bits per heavy atom. The predicted octanol–water partition coefficient (Wildman–Crippen LogP) is 2.82. The fourth-order valence-electron chi connectivity index (χ4n) is 2.27. The van der Waals surface area contributed by atoms with Gasteiger partial charge in [-0.2, -0.15) is 0 Å². The summed E-state index contributed by atoms with van der Waals surface area (Å²) in [6, 6.07) is 5.10. The third-order valence-electron chi connectivity index (χ3n) is 4.12. The van der Waals surface area contributed by atoms with Crippen LogP contribution in [0, 0.1) is 21.4 Å². The van der Waals surface area contributed by atoms with E-state index in [1.807, 2.05) is 6.92 Å². The smallest absolute Gasteiger partial charge is 0.407 e. The fourth-order valence-corrected chi connectivity index (χ4v) is 2.27. The van der Waals surface area contributed by atoms with E-state index in [2.05, 4.69) is 33.0 Å². The highest BCUT2D eigenvalue weighted by Gasteiger charge is 2.34. The number of hydrogen-bond acceptors (Lipinski definition) is 5. The van der Waals surface area contributed by atoms with Crippen LogP contribution in [0.2, 0.25) is 0 Å². The molecule has 2 rings (SSSR count). The van der Waals surface area contributed by atoms with Crippen LogP contribution in [0.15, 0.2) is 18.2 Å². The largest absolute Gasteiger partial charge is 0.493 e. The normalized spacial score (nSPS) is 18.8.